The third kappa shape index (κ3) is 4.08. The van der Waals surface area contributed by atoms with Gasteiger partial charge in [0.25, 0.3) is 0 Å². The number of amides is 1. The molecule has 0 saturated carbocycles. The van der Waals surface area contributed by atoms with Crippen molar-refractivity contribution in [1.82, 2.24) is 5.32 Å². The number of nitrogens with zero attached hydrogens (tertiary/aromatic N) is 1. The summed E-state index contributed by atoms with van der Waals surface area (Å²) in [5.41, 5.74) is 2.39. The minimum Gasteiger partial charge on any atom is -0.467 e. The van der Waals surface area contributed by atoms with Gasteiger partial charge < -0.3 is 15.0 Å². The van der Waals surface area contributed by atoms with Crippen LogP contribution >= 0.6 is 0 Å². The molecule has 3 unspecified atom stereocenters. The number of nitrogens with one attached hydrogen (secondary N) is 1. The monoisotopic (exact) mass is 332 g/mol. The molecular formula is C19H28N2O3. The van der Waals surface area contributed by atoms with Crippen LogP contribution < -0.4 is 10.2 Å². The van der Waals surface area contributed by atoms with E-state index in [1.54, 1.807) is 0 Å². The van der Waals surface area contributed by atoms with Crippen molar-refractivity contribution in [3.8, 4) is 0 Å². The van der Waals surface area contributed by atoms with Crippen molar-refractivity contribution in [2.75, 3.05) is 18.6 Å². The van der Waals surface area contributed by atoms with Gasteiger partial charge in [0.15, 0.2) is 0 Å². The number of rotatable bonds is 6. The number of methoxy groups -OCH3 is 1. The average Bonchev–Trinajstić information content (AvgIpc) is 2.60. The summed E-state index contributed by atoms with van der Waals surface area (Å²) in [6.07, 6.45) is 2.85. The van der Waals surface area contributed by atoms with Crippen molar-refractivity contribution in [1.29, 1.82) is 0 Å². The van der Waals surface area contributed by atoms with Crippen LogP contribution in [0.4, 0.5) is 5.69 Å². The van der Waals surface area contributed by atoms with Gasteiger partial charge in [-0.25, -0.2) is 4.79 Å². The van der Waals surface area contributed by atoms with Crippen LogP contribution in [0.5, 0.6) is 0 Å². The highest BCUT2D eigenvalue weighted by Crippen LogP contribution is 2.30. The Morgan fingerprint density at radius 2 is 2.08 bits per heavy atom. The zero-order valence-electron chi connectivity index (χ0n) is 15.0. The summed E-state index contributed by atoms with van der Waals surface area (Å²) < 4.78 is 4.84. The summed E-state index contributed by atoms with van der Waals surface area (Å²) in [4.78, 5) is 26.6. The zero-order valence-corrected chi connectivity index (χ0v) is 15.0. The van der Waals surface area contributed by atoms with E-state index in [1.807, 2.05) is 26.0 Å². The van der Waals surface area contributed by atoms with Gasteiger partial charge in [-0.05, 0) is 37.3 Å². The molecule has 5 heteroatoms. The van der Waals surface area contributed by atoms with Gasteiger partial charge in [0.1, 0.15) is 6.04 Å². The fourth-order valence-corrected chi connectivity index (χ4v) is 3.17. The fraction of sp³-hybridized carbons (Fsp3) is 0.579. The van der Waals surface area contributed by atoms with Crippen LogP contribution in [-0.2, 0) is 20.7 Å². The lowest BCUT2D eigenvalue weighted by Crippen LogP contribution is -2.51. The molecule has 1 aliphatic rings. The van der Waals surface area contributed by atoms with Crippen LogP contribution in [0.3, 0.4) is 0 Å². The lowest BCUT2D eigenvalue weighted by atomic mass is 9.96. The fourth-order valence-electron chi connectivity index (χ4n) is 3.17. The first-order valence-electron chi connectivity index (χ1n) is 8.69. The van der Waals surface area contributed by atoms with Crippen LogP contribution in [-0.4, -0.2) is 37.6 Å². The Labute approximate surface area is 144 Å². The van der Waals surface area contributed by atoms with E-state index in [2.05, 4.69) is 29.3 Å². The lowest BCUT2D eigenvalue weighted by molar-refractivity contribution is -0.146. The molecule has 1 aromatic carbocycles. The second kappa shape index (κ2) is 8.18. The standard InChI is InChI=1S/C19H28N2O3/c1-5-13(2)18(19(23)24-4)20-17(22)12-21-14(3)10-11-15-8-6-7-9-16(15)21/h6-9,13-14,18H,5,10-12H2,1-4H3,(H,20,22). The number of aryl methyl sites for hydroxylation is 1. The van der Waals surface area contributed by atoms with Crippen LogP contribution in [0.2, 0.25) is 0 Å². The molecule has 1 N–H and O–H groups in total. The summed E-state index contributed by atoms with van der Waals surface area (Å²) >= 11 is 0. The number of fused-ring (bicyclic) bond motifs is 1. The average molecular weight is 332 g/mol. The quantitative estimate of drug-likeness (QED) is 0.813. The second-order valence-electron chi connectivity index (χ2n) is 6.60. The second-order valence-corrected chi connectivity index (χ2v) is 6.60. The molecule has 1 amide bonds. The molecule has 1 heterocycles. The van der Waals surface area contributed by atoms with E-state index in [-0.39, 0.29) is 24.3 Å². The third-order valence-electron chi connectivity index (χ3n) is 4.96. The van der Waals surface area contributed by atoms with E-state index in [1.165, 1.54) is 12.7 Å². The smallest absolute Gasteiger partial charge is 0.328 e. The Morgan fingerprint density at radius 1 is 1.38 bits per heavy atom. The van der Waals surface area contributed by atoms with Crippen molar-refractivity contribution >= 4 is 17.6 Å². The van der Waals surface area contributed by atoms with Crippen LogP contribution in [0.15, 0.2) is 24.3 Å². The summed E-state index contributed by atoms with van der Waals surface area (Å²) in [6, 6.07) is 7.91. The molecule has 5 nitrogen and oxygen atoms in total. The normalized spacial score (nSPS) is 19.2. The molecule has 1 aliphatic heterocycles. The molecule has 0 aliphatic carbocycles. The molecule has 3 atom stereocenters. The number of carbonyl (C=O) groups is 2. The van der Waals surface area contributed by atoms with Gasteiger partial charge in [0, 0.05) is 11.7 Å². The number of anilines is 1. The third-order valence-corrected chi connectivity index (χ3v) is 4.96. The number of para-hydroxylation sites is 1. The number of hydrogen-bond acceptors (Lipinski definition) is 4. The van der Waals surface area contributed by atoms with Gasteiger partial charge >= 0.3 is 5.97 Å². The highest BCUT2D eigenvalue weighted by Gasteiger charge is 2.29. The first-order valence-corrected chi connectivity index (χ1v) is 8.69. The Balaban J connectivity index is 2.09. The van der Waals surface area contributed by atoms with Crippen molar-refractivity contribution in [2.45, 2.75) is 52.1 Å². The van der Waals surface area contributed by atoms with Crippen LogP contribution in [0.1, 0.15) is 39.2 Å². The van der Waals surface area contributed by atoms with E-state index < -0.39 is 6.04 Å². The Kier molecular flexibility index (Phi) is 6.23. The molecule has 0 spiro atoms. The predicted octanol–water partition coefficient (Wildman–Crippen LogP) is 2.53. The maximum absolute atomic E-state index is 12.6. The summed E-state index contributed by atoms with van der Waals surface area (Å²) in [5.74, 6) is -0.494. The molecule has 0 aromatic heterocycles. The van der Waals surface area contributed by atoms with E-state index in [4.69, 9.17) is 4.74 Å². The summed E-state index contributed by atoms with van der Waals surface area (Å²) in [6.45, 7) is 6.33. The van der Waals surface area contributed by atoms with E-state index in [0.717, 1.165) is 24.9 Å². The summed E-state index contributed by atoms with van der Waals surface area (Å²) in [5, 5.41) is 2.86. The summed E-state index contributed by atoms with van der Waals surface area (Å²) in [7, 11) is 1.35. The van der Waals surface area contributed by atoms with E-state index in [0.29, 0.717) is 6.04 Å². The number of carbonyl (C=O) groups excluding carboxylic acids is 2. The van der Waals surface area contributed by atoms with Crippen molar-refractivity contribution in [3.63, 3.8) is 0 Å². The molecule has 0 bridgehead atoms. The minimum atomic E-state index is -0.595. The molecular weight excluding hydrogens is 304 g/mol. The molecule has 0 saturated heterocycles. The van der Waals surface area contributed by atoms with Gasteiger partial charge in [-0.3, -0.25) is 4.79 Å². The molecule has 2 rings (SSSR count). The van der Waals surface area contributed by atoms with Crippen LogP contribution in [0, 0.1) is 5.92 Å². The molecule has 132 valence electrons. The Morgan fingerprint density at radius 3 is 2.75 bits per heavy atom. The first-order chi connectivity index (χ1) is 11.5. The molecule has 24 heavy (non-hydrogen) atoms. The molecule has 0 radical (unpaired) electrons. The SMILES string of the molecule is CCC(C)C(NC(=O)CN1c2ccccc2CCC1C)C(=O)OC. The van der Waals surface area contributed by atoms with Crippen LogP contribution in [0.25, 0.3) is 0 Å². The van der Waals surface area contributed by atoms with Gasteiger partial charge in [0.2, 0.25) is 5.91 Å². The van der Waals surface area contributed by atoms with E-state index >= 15 is 0 Å². The number of benzene rings is 1. The van der Waals surface area contributed by atoms with Crippen molar-refractivity contribution in [3.05, 3.63) is 29.8 Å². The van der Waals surface area contributed by atoms with Crippen molar-refractivity contribution in [2.24, 2.45) is 5.92 Å². The molecule has 1 aromatic rings. The number of hydrogen-bond donors (Lipinski definition) is 1. The zero-order chi connectivity index (χ0) is 17.7. The number of esters is 1. The maximum Gasteiger partial charge on any atom is 0.328 e. The Bertz CT molecular complexity index is 588. The highest BCUT2D eigenvalue weighted by atomic mass is 16.5. The van der Waals surface area contributed by atoms with Crippen molar-refractivity contribution < 1.29 is 14.3 Å². The van der Waals surface area contributed by atoms with Gasteiger partial charge in [-0.15, -0.1) is 0 Å². The maximum atomic E-state index is 12.6. The van der Waals surface area contributed by atoms with Gasteiger partial charge in [0.05, 0.1) is 13.7 Å². The lowest BCUT2D eigenvalue weighted by Gasteiger charge is -2.37. The Hall–Kier alpha value is -2.04. The largest absolute Gasteiger partial charge is 0.467 e. The predicted molar refractivity (Wildman–Crippen MR) is 95.0 cm³/mol. The highest BCUT2D eigenvalue weighted by molar-refractivity contribution is 5.87. The number of ether oxygens (including phenoxy) is 1. The topological polar surface area (TPSA) is 58.6 Å². The van der Waals surface area contributed by atoms with Gasteiger partial charge in [-0.2, -0.15) is 0 Å². The van der Waals surface area contributed by atoms with Gasteiger partial charge in [-0.1, -0.05) is 38.5 Å². The first kappa shape index (κ1) is 18.3. The minimum absolute atomic E-state index is 0.0347. The molecule has 0 fully saturated rings. The van der Waals surface area contributed by atoms with E-state index in [9.17, 15) is 9.59 Å².